The number of rotatable bonds is 6. The molecule has 3 N–H and O–H groups in total. The van der Waals surface area contributed by atoms with E-state index in [1.807, 2.05) is 13.8 Å². The Kier molecular flexibility index (Phi) is 5.79. The molecule has 0 bridgehead atoms. The van der Waals surface area contributed by atoms with Crippen molar-refractivity contribution >= 4 is 32.2 Å². The third kappa shape index (κ3) is 4.13. The second-order valence-corrected chi connectivity index (χ2v) is 11.1. The van der Waals surface area contributed by atoms with Crippen LogP contribution in [0.15, 0.2) is 29.3 Å². The number of benzene rings is 1. The summed E-state index contributed by atoms with van der Waals surface area (Å²) in [6.45, 7) is 10.4. The Morgan fingerprint density at radius 1 is 1.27 bits per heavy atom. The normalized spacial score (nSPS) is 13.4. The van der Waals surface area contributed by atoms with Gasteiger partial charge in [0, 0.05) is 28.9 Å². The van der Waals surface area contributed by atoms with Gasteiger partial charge in [0.05, 0.1) is 22.1 Å². The van der Waals surface area contributed by atoms with Gasteiger partial charge in [-0.05, 0) is 53.7 Å². The number of aryl methyl sites for hydroxylation is 1. The zero-order chi connectivity index (χ0) is 22.3. The van der Waals surface area contributed by atoms with Crippen LogP contribution in [0.4, 0.5) is 11.5 Å². The van der Waals surface area contributed by atoms with Gasteiger partial charge in [0.1, 0.15) is 17.3 Å². The number of pyridine rings is 1. The number of anilines is 2. The molecule has 0 aliphatic heterocycles. The number of hydrogen-bond acceptors (Lipinski definition) is 7. The Balaban J connectivity index is 2.21. The minimum absolute atomic E-state index is 0.0259. The highest BCUT2D eigenvalue weighted by Gasteiger charge is 2.34. The average Bonchev–Trinajstić information content (AvgIpc) is 2.97. The maximum absolute atomic E-state index is 13.3. The van der Waals surface area contributed by atoms with Gasteiger partial charge in [-0.1, -0.05) is 0 Å². The molecule has 9 heteroatoms. The SMILES string of the molecule is Cc1[nH]nc(Nc2ccnc3cc(OCC(C)O)c(S(=O)(=O)C(C)(C)C)cc23)c1C. The predicted octanol–water partition coefficient (Wildman–Crippen LogP) is 3.65. The molecule has 0 amide bonds. The fourth-order valence-electron chi connectivity index (χ4n) is 2.86. The van der Waals surface area contributed by atoms with Crippen LogP contribution < -0.4 is 10.1 Å². The van der Waals surface area contributed by atoms with Crippen LogP contribution >= 0.6 is 0 Å². The lowest BCUT2D eigenvalue weighted by Crippen LogP contribution is -2.28. The molecule has 1 aromatic carbocycles. The minimum atomic E-state index is -3.72. The highest BCUT2D eigenvalue weighted by molar-refractivity contribution is 7.92. The second kappa shape index (κ2) is 7.88. The third-order valence-corrected chi connectivity index (χ3v) is 7.40. The minimum Gasteiger partial charge on any atom is -0.489 e. The van der Waals surface area contributed by atoms with Gasteiger partial charge in [-0.2, -0.15) is 5.10 Å². The molecule has 1 unspecified atom stereocenters. The van der Waals surface area contributed by atoms with E-state index in [-0.39, 0.29) is 17.3 Å². The first-order valence-electron chi connectivity index (χ1n) is 9.68. The number of aromatic amines is 1. The van der Waals surface area contributed by atoms with Gasteiger partial charge in [-0.3, -0.25) is 10.1 Å². The number of nitrogens with one attached hydrogen (secondary N) is 2. The number of fused-ring (bicyclic) bond motifs is 1. The number of sulfone groups is 1. The molecule has 3 rings (SSSR count). The van der Waals surface area contributed by atoms with E-state index in [0.717, 1.165) is 11.3 Å². The first-order chi connectivity index (χ1) is 13.9. The highest BCUT2D eigenvalue weighted by Crippen LogP contribution is 2.37. The van der Waals surface area contributed by atoms with Crippen LogP contribution in [0.1, 0.15) is 39.0 Å². The molecule has 162 valence electrons. The Morgan fingerprint density at radius 2 is 1.97 bits per heavy atom. The van der Waals surface area contributed by atoms with Crippen molar-refractivity contribution in [3.63, 3.8) is 0 Å². The first kappa shape index (κ1) is 22.0. The number of H-pyrrole nitrogens is 1. The second-order valence-electron chi connectivity index (χ2n) is 8.40. The Labute approximate surface area is 176 Å². The van der Waals surface area contributed by atoms with Crippen LogP contribution in [0.2, 0.25) is 0 Å². The number of aliphatic hydroxyl groups excluding tert-OH is 1. The van der Waals surface area contributed by atoms with Gasteiger partial charge in [0.15, 0.2) is 15.7 Å². The van der Waals surface area contributed by atoms with Crippen molar-refractivity contribution in [3.8, 4) is 5.75 Å². The van der Waals surface area contributed by atoms with E-state index in [2.05, 4.69) is 20.5 Å². The van der Waals surface area contributed by atoms with Crippen LogP contribution in [0.3, 0.4) is 0 Å². The van der Waals surface area contributed by atoms with E-state index in [1.165, 1.54) is 0 Å². The Hall–Kier alpha value is -2.65. The molecule has 0 saturated heterocycles. The summed E-state index contributed by atoms with van der Waals surface area (Å²) in [4.78, 5) is 4.44. The van der Waals surface area contributed by atoms with Crippen LogP contribution in [0.25, 0.3) is 10.9 Å². The molecular formula is C21H28N4O4S. The average molecular weight is 433 g/mol. The van der Waals surface area contributed by atoms with Crippen LogP contribution in [0.5, 0.6) is 5.75 Å². The predicted molar refractivity (Wildman–Crippen MR) is 117 cm³/mol. The van der Waals surface area contributed by atoms with Gasteiger partial charge in [0.25, 0.3) is 0 Å². The molecule has 0 saturated carbocycles. The number of nitrogens with zero attached hydrogens (tertiary/aromatic N) is 2. The molecule has 3 aromatic rings. The summed E-state index contributed by atoms with van der Waals surface area (Å²) in [6.07, 6.45) is 0.897. The van der Waals surface area contributed by atoms with Crippen LogP contribution in [0, 0.1) is 13.8 Å². The number of hydrogen-bond donors (Lipinski definition) is 3. The van der Waals surface area contributed by atoms with Crippen molar-refractivity contribution in [2.24, 2.45) is 0 Å². The lowest BCUT2D eigenvalue weighted by atomic mass is 10.1. The lowest BCUT2D eigenvalue weighted by molar-refractivity contribution is 0.121. The van der Waals surface area contributed by atoms with E-state index in [0.29, 0.717) is 22.4 Å². The molecule has 0 fully saturated rings. The first-order valence-corrected chi connectivity index (χ1v) is 11.2. The molecule has 30 heavy (non-hydrogen) atoms. The van der Waals surface area contributed by atoms with E-state index in [4.69, 9.17) is 4.74 Å². The largest absolute Gasteiger partial charge is 0.489 e. The fourth-order valence-corrected chi connectivity index (χ4v) is 4.18. The summed E-state index contributed by atoms with van der Waals surface area (Å²) < 4.78 is 31.2. The van der Waals surface area contributed by atoms with E-state index < -0.39 is 20.7 Å². The lowest BCUT2D eigenvalue weighted by Gasteiger charge is -2.22. The van der Waals surface area contributed by atoms with E-state index in [9.17, 15) is 13.5 Å². The standard InChI is InChI=1S/C21H28N4O4S/c1-12(26)11-29-18-10-17-15(9-19(18)30(27,28)21(4,5)6)16(7-8-22-17)23-20-13(2)14(3)24-25-20/h7-10,12,26H,11H2,1-6H3,(H2,22,23,24,25). The monoisotopic (exact) mass is 432 g/mol. The zero-order valence-electron chi connectivity index (χ0n) is 18.1. The molecule has 1 atom stereocenters. The summed E-state index contributed by atoms with van der Waals surface area (Å²) in [6, 6.07) is 4.96. The van der Waals surface area contributed by atoms with Gasteiger partial charge >= 0.3 is 0 Å². The summed E-state index contributed by atoms with van der Waals surface area (Å²) in [5, 5.41) is 20.7. The summed E-state index contributed by atoms with van der Waals surface area (Å²) in [5.74, 6) is 0.837. The van der Waals surface area contributed by atoms with Crippen molar-refractivity contribution in [1.29, 1.82) is 0 Å². The maximum atomic E-state index is 13.3. The Bertz CT molecular complexity index is 1180. The number of aliphatic hydroxyl groups is 1. The molecule has 0 aliphatic carbocycles. The van der Waals surface area contributed by atoms with Crippen molar-refractivity contribution in [2.75, 3.05) is 11.9 Å². The van der Waals surface area contributed by atoms with E-state index >= 15 is 0 Å². The van der Waals surface area contributed by atoms with Gasteiger partial charge in [-0.15, -0.1) is 0 Å². The van der Waals surface area contributed by atoms with Crippen LogP contribution in [-0.4, -0.2) is 46.2 Å². The number of aromatic nitrogens is 3. The maximum Gasteiger partial charge on any atom is 0.186 e. The summed E-state index contributed by atoms with van der Waals surface area (Å²) in [7, 11) is -3.72. The number of ether oxygens (including phenoxy) is 1. The van der Waals surface area contributed by atoms with Crippen molar-refractivity contribution < 1.29 is 18.3 Å². The van der Waals surface area contributed by atoms with Gasteiger partial charge < -0.3 is 15.2 Å². The Morgan fingerprint density at radius 3 is 2.53 bits per heavy atom. The smallest absolute Gasteiger partial charge is 0.186 e. The molecule has 0 radical (unpaired) electrons. The molecule has 2 aromatic heterocycles. The summed E-state index contributed by atoms with van der Waals surface area (Å²) >= 11 is 0. The van der Waals surface area contributed by atoms with Crippen molar-refractivity contribution in [3.05, 3.63) is 35.7 Å². The molecule has 0 spiro atoms. The van der Waals surface area contributed by atoms with Crippen LogP contribution in [-0.2, 0) is 9.84 Å². The summed E-state index contributed by atoms with van der Waals surface area (Å²) in [5.41, 5.74) is 3.17. The zero-order valence-corrected chi connectivity index (χ0v) is 18.9. The van der Waals surface area contributed by atoms with Gasteiger partial charge in [-0.25, -0.2) is 8.42 Å². The topological polar surface area (TPSA) is 117 Å². The van der Waals surface area contributed by atoms with Crippen molar-refractivity contribution in [1.82, 2.24) is 15.2 Å². The van der Waals surface area contributed by atoms with E-state index in [1.54, 1.807) is 52.1 Å². The van der Waals surface area contributed by atoms with Crippen molar-refractivity contribution in [2.45, 2.75) is 57.3 Å². The van der Waals surface area contributed by atoms with Gasteiger partial charge in [0.2, 0.25) is 0 Å². The molecule has 8 nitrogen and oxygen atoms in total. The molecular weight excluding hydrogens is 404 g/mol. The third-order valence-electron chi connectivity index (χ3n) is 4.89. The fraction of sp³-hybridized carbons (Fsp3) is 0.429. The molecule has 0 aliphatic rings. The molecule has 2 heterocycles. The highest BCUT2D eigenvalue weighted by atomic mass is 32.2. The quantitative estimate of drug-likeness (QED) is 0.544.